The van der Waals surface area contributed by atoms with E-state index in [1.165, 1.54) is 28.6 Å². The zero-order chi connectivity index (χ0) is 28.8. The Bertz CT molecular complexity index is 1650. The average Bonchev–Trinajstić information content (AvgIpc) is 3.53. The van der Waals surface area contributed by atoms with Gasteiger partial charge in [-0.25, -0.2) is 8.42 Å². The number of benzene rings is 4. The van der Waals surface area contributed by atoms with Gasteiger partial charge in [-0.15, -0.1) is 0 Å². The van der Waals surface area contributed by atoms with Gasteiger partial charge in [-0.3, -0.25) is 4.79 Å². The fourth-order valence-electron chi connectivity index (χ4n) is 4.72. The molecule has 0 radical (unpaired) electrons. The van der Waals surface area contributed by atoms with Crippen LogP contribution in [0.1, 0.15) is 24.0 Å². The van der Waals surface area contributed by atoms with Gasteiger partial charge in [0.2, 0.25) is 10.0 Å². The zero-order valence-electron chi connectivity index (χ0n) is 22.0. The van der Waals surface area contributed by atoms with Crippen LogP contribution >= 0.6 is 0 Å². The molecule has 1 amide bonds. The number of ether oxygens (including phenoxy) is 1. The van der Waals surface area contributed by atoms with Crippen molar-refractivity contribution in [2.75, 3.05) is 18.4 Å². The van der Waals surface area contributed by atoms with Gasteiger partial charge in [-0.2, -0.15) is 13.1 Å². The van der Waals surface area contributed by atoms with Crippen molar-refractivity contribution >= 4 is 33.3 Å². The van der Waals surface area contributed by atoms with Crippen molar-refractivity contribution in [3.63, 3.8) is 0 Å². The van der Waals surface area contributed by atoms with Crippen LogP contribution in [0.25, 0.3) is 22.8 Å². The first-order valence-corrected chi connectivity index (χ1v) is 14.6. The third-order valence-corrected chi connectivity index (χ3v) is 8.67. The van der Waals surface area contributed by atoms with Crippen molar-refractivity contribution in [3.8, 4) is 16.9 Å². The Morgan fingerprint density at radius 2 is 1.49 bits per heavy atom. The Balaban J connectivity index is 1.50. The molecule has 1 heterocycles. The summed E-state index contributed by atoms with van der Waals surface area (Å²) in [5, 5.41) is 2.79. The van der Waals surface area contributed by atoms with Crippen LogP contribution in [0.4, 0.5) is 14.5 Å². The first-order chi connectivity index (χ1) is 19.8. The molecule has 4 aromatic rings. The minimum atomic E-state index is -3.69. The number of carbonyl (C=O) groups is 1. The van der Waals surface area contributed by atoms with E-state index in [2.05, 4.69) is 10.1 Å². The second-order valence-corrected chi connectivity index (χ2v) is 11.4. The van der Waals surface area contributed by atoms with E-state index in [-0.39, 0.29) is 21.8 Å². The summed E-state index contributed by atoms with van der Waals surface area (Å²) in [6.07, 6.45) is 3.10. The fourth-order valence-corrected chi connectivity index (χ4v) is 6.29. The lowest BCUT2D eigenvalue weighted by atomic mass is 9.98. The Morgan fingerprint density at radius 1 is 0.829 bits per heavy atom. The largest absolute Gasteiger partial charge is 0.434 e. The number of amides is 1. The molecule has 1 aliphatic heterocycles. The maximum Gasteiger partial charge on any atom is 0.387 e. The molecular formula is C32H28F2N2O4S. The van der Waals surface area contributed by atoms with E-state index in [1.807, 2.05) is 42.5 Å². The highest BCUT2D eigenvalue weighted by molar-refractivity contribution is 7.89. The highest BCUT2D eigenvalue weighted by Gasteiger charge is 2.27. The van der Waals surface area contributed by atoms with E-state index in [0.717, 1.165) is 24.0 Å². The Kier molecular flexibility index (Phi) is 8.56. The quantitative estimate of drug-likeness (QED) is 0.174. The predicted molar refractivity (Wildman–Crippen MR) is 156 cm³/mol. The highest BCUT2D eigenvalue weighted by atomic mass is 32.2. The van der Waals surface area contributed by atoms with Crippen LogP contribution < -0.4 is 10.1 Å². The number of anilines is 1. The summed E-state index contributed by atoms with van der Waals surface area (Å²) in [5.41, 5.74) is 3.24. The van der Waals surface area contributed by atoms with Crippen LogP contribution in [0.2, 0.25) is 0 Å². The lowest BCUT2D eigenvalue weighted by Crippen LogP contribution is -2.28. The van der Waals surface area contributed by atoms with Gasteiger partial charge in [0.05, 0.1) is 4.90 Å². The minimum absolute atomic E-state index is 0.0765. The van der Waals surface area contributed by atoms with E-state index in [0.29, 0.717) is 24.3 Å². The number of nitrogens with one attached hydrogen (secondary N) is 1. The summed E-state index contributed by atoms with van der Waals surface area (Å²) in [6, 6.07) is 29.3. The molecule has 0 saturated carbocycles. The molecule has 210 valence electrons. The SMILES string of the molecule is O=C(Nc1cccc(S(=O)(=O)N2CCCC2)c1)/C(=C/c1ccccc1OC(F)F)c1ccc(-c2ccccc2)cc1. The Labute approximate surface area is 238 Å². The summed E-state index contributed by atoms with van der Waals surface area (Å²) in [4.78, 5) is 13.8. The summed E-state index contributed by atoms with van der Waals surface area (Å²) >= 11 is 0. The van der Waals surface area contributed by atoms with Crippen LogP contribution in [-0.4, -0.2) is 38.3 Å². The van der Waals surface area contributed by atoms with E-state index in [4.69, 9.17) is 0 Å². The number of sulfonamides is 1. The number of hydrogen-bond donors (Lipinski definition) is 1. The number of carbonyl (C=O) groups excluding carboxylic acids is 1. The van der Waals surface area contributed by atoms with E-state index < -0.39 is 22.5 Å². The topological polar surface area (TPSA) is 75.7 Å². The molecular weight excluding hydrogens is 546 g/mol. The van der Waals surface area contributed by atoms with Crippen molar-refractivity contribution < 1.29 is 26.7 Å². The Morgan fingerprint density at radius 3 is 2.20 bits per heavy atom. The van der Waals surface area contributed by atoms with E-state index >= 15 is 0 Å². The molecule has 9 heteroatoms. The molecule has 0 unspecified atom stereocenters. The molecule has 4 aromatic carbocycles. The molecule has 0 aliphatic carbocycles. The van der Waals surface area contributed by atoms with Gasteiger partial charge in [0.25, 0.3) is 5.91 Å². The fraction of sp³-hybridized carbons (Fsp3) is 0.156. The molecule has 1 fully saturated rings. The summed E-state index contributed by atoms with van der Waals surface area (Å²) in [7, 11) is -3.69. The van der Waals surface area contributed by atoms with Crippen molar-refractivity contribution in [1.29, 1.82) is 0 Å². The third kappa shape index (κ3) is 6.70. The molecule has 5 rings (SSSR count). The monoisotopic (exact) mass is 574 g/mol. The van der Waals surface area contributed by atoms with Crippen LogP contribution in [0.5, 0.6) is 5.75 Å². The van der Waals surface area contributed by atoms with Gasteiger partial charge in [-0.05, 0) is 59.9 Å². The summed E-state index contributed by atoms with van der Waals surface area (Å²) in [5.74, 6) is -0.618. The van der Waals surface area contributed by atoms with Crippen molar-refractivity contribution in [3.05, 3.63) is 114 Å². The smallest absolute Gasteiger partial charge is 0.387 e. The predicted octanol–water partition coefficient (Wildman–Crippen LogP) is 6.92. The van der Waals surface area contributed by atoms with E-state index in [9.17, 15) is 22.0 Å². The average molecular weight is 575 g/mol. The number of halogens is 2. The maximum absolute atomic E-state index is 13.7. The van der Waals surface area contributed by atoms with E-state index in [1.54, 1.807) is 42.5 Å². The molecule has 0 spiro atoms. The van der Waals surface area contributed by atoms with Gasteiger partial charge in [0, 0.05) is 29.9 Å². The standard InChI is InChI=1S/C32H28F2N2O4S/c33-32(34)40-30-14-5-4-11-26(30)21-29(25-17-15-24(16-18-25)23-9-2-1-3-10-23)31(37)35-27-12-8-13-28(22-27)41(38,39)36-19-6-7-20-36/h1-5,8-18,21-22,32H,6-7,19-20H2,(H,35,37)/b29-21+. The van der Waals surface area contributed by atoms with Crippen molar-refractivity contribution in [1.82, 2.24) is 4.31 Å². The molecule has 6 nitrogen and oxygen atoms in total. The lowest BCUT2D eigenvalue weighted by Gasteiger charge is -2.16. The maximum atomic E-state index is 13.7. The minimum Gasteiger partial charge on any atom is -0.434 e. The van der Waals surface area contributed by atoms with Gasteiger partial charge in [0.1, 0.15) is 5.75 Å². The van der Waals surface area contributed by atoms with Gasteiger partial charge in [-0.1, -0.05) is 78.9 Å². The van der Waals surface area contributed by atoms with Crippen molar-refractivity contribution in [2.24, 2.45) is 0 Å². The number of alkyl halides is 2. The number of nitrogens with zero attached hydrogens (tertiary/aromatic N) is 1. The van der Waals surface area contributed by atoms with Crippen molar-refractivity contribution in [2.45, 2.75) is 24.3 Å². The molecule has 0 bridgehead atoms. The summed E-state index contributed by atoms with van der Waals surface area (Å²) < 4.78 is 58.4. The first-order valence-electron chi connectivity index (χ1n) is 13.1. The molecule has 1 aliphatic rings. The zero-order valence-corrected chi connectivity index (χ0v) is 22.9. The molecule has 1 N–H and O–H groups in total. The van der Waals surface area contributed by atoms with Gasteiger partial charge >= 0.3 is 6.61 Å². The first kappa shape index (κ1) is 28.2. The Hall–Kier alpha value is -4.34. The van der Waals surface area contributed by atoms with Gasteiger partial charge in [0.15, 0.2) is 0 Å². The third-order valence-electron chi connectivity index (χ3n) is 6.78. The van der Waals surface area contributed by atoms with Gasteiger partial charge < -0.3 is 10.1 Å². The highest BCUT2D eigenvalue weighted by Crippen LogP contribution is 2.30. The second-order valence-electron chi connectivity index (χ2n) is 9.51. The summed E-state index contributed by atoms with van der Waals surface area (Å²) in [6.45, 7) is -2.11. The molecule has 41 heavy (non-hydrogen) atoms. The van der Waals surface area contributed by atoms with Crippen LogP contribution in [-0.2, 0) is 14.8 Å². The van der Waals surface area contributed by atoms with Crippen LogP contribution in [0, 0.1) is 0 Å². The second kappa shape index (κ2) is 12.4. The molecule has 1 saturated heterocycles. The lowest BCUT2D eigenvalue weighted by molar-refractivity contribution is -0.111. The molecule has 0 atom stereocenters. The number of hydrogen-bond acceptors (Lipinski definition) is 4. The number of rotatable bonds is 9. The van der Waals surface area contributed by atoms with Crippen LogP contribution in [0.15, 0.2) is 108 Å². The number of para-hydroxylation sites is 1. The van der Waals surface area contributed by atoms with Crippen LogP contribution in [0.3, 0.4) is 0 Å². The molecule has 0 aromatic heterocycles. The normalized spacial score (nSPS) is 14.3.